The number of hydrogen-bond donors (Lipinski definition) is 0. The van der Waals surface area contributed by atoms with Crippen LogP contribution in [0.25, 0.3) is 11.0 Å². The summed E-state index contributed by atoms with van der Waals surface area (Å²) in [7, 11) is -3.98. The summed E-state index contributed by atoms with van der Waals surface area (Å²) in [4.78, 5) is 10.1. The molecule has 7 nitrogen and oxygen atoms in total. The second-order valence-electron chi connectivity index (χ2n) is 8.18. The van der Waals surface area contributed by atoms with Crippen molar-refractivity contribution in [1.29, 1.82) is 0 Å². The molecule has 2 aliphatic heterocycles. The molecule has 2 saturated heterocycles. The van der Waals surface area contributed by atoms with Gasteiger partial charge in [-0.1, -0.05) is 18.2 Å². The third-order valence-corrected chi connectivity index (χ3v) is 8.13. The maximum Gasteiger partial charge on any atom is 0.416 e. The fourth-order valence-corrected chi connectivity index (χ4v) is 6.21. The van der Waals surface area contributed by atoms with Crippen molar-refractivity contribution < 1.29 is 30.7 Å². The number of nitrogens with zero attached hydrogens (tertiary/aromatic N) is 4. The fraction of sp³-hybridized carbons (Fsp3) is 0.364. The van der Waals surface area contributed by atoms with Crippen molar-refractivity contribution in [2.24, 2.45) is 0 Å². The molecule has 1 spiro atoms. The first-order chi connectivity index (χ1) is 16.1. The van der Waals surface area contributed by atoms with Gasteiger partial charge in [-0.2, -0.15) is 17.5 Å². The normalized spacial score (nSPS) is 24.2. The number of hydrogen-bond acceptors (Lipinski definition) is 6. The van der Waals surface area contributed by atoms with Gasteiger partial charge in [-0.3, -0.25) is 4.98 Å². The maximum absolute atomic E-state index is 15.6. The van der Waals surface area contributed by atoms with Gasteiger partial charge in [-0.25, -0.2) is 17.8 Å². The summed E-state index contributed by atoms with van der Waals surface area (Å²) in [5.41, 5.74) is -2.14. The second kappa shape index (κ2) is 8.14. The molecule has 2 unspecified atom stereocenters. The van der Waals surface area contributed by atoms with Crippen LogP contribution >= 0.6 is 0 Å². The predicted molar refractivity (Wildman–Crippen MR) is 115 cm³/mol. The van der Waals surface area contributed by atoms with E-state index in [0.29, 0.717) is 5.82 Å². The molecule has 3 aromatic rings. The molecule has 5 rings (SSSR count). The minimum absolute atomic E-state index is 0.0367. The Morgan fingerprint density at radius 1 is 1.06 bits per heavy atom. The lowest BCUT2D eigenvalue weighted by atomic mass is 9.98. The molecule has 180 valence electrons. The molecule has 0 amide bonds. The highest BCUT2D eigenvalue weighted by Crippen LogP contribution is 2.40. The van der Waals surface area contributed by atoms with Crippen LogP contribution < -0.4 is 4.90 Å². The molecular formula is C22H20F4N4O3S. The number of ether oxygens (including phenoxy) is 1. The number of fused-ring (bicyclic) bond motifs is 1. The number of sulfonamides is 1. The third-order valence-electron chi connectivity index (χ3n) is 6.19. The molecule has 0 N–H and O–H groups in total. The van der Waals surface area contributed by atoms with Crippen LogP contribution in [0.3, 0.4) is 0 Å². The van der Waals surface area contributed by atoms with Gasteiger partial charge in [0.2, 0.25) is 10.0 Å². The average molecular weight is 496 g/mol. The monoisotopic (exact) mass is 496 g/mol. The van der Waals surface area contributed by atoms with E-state index in [1.54, 1.807) is 23.1 Å². The minimum Gasteiger partial charge on any atom is -0.355 e. The number of benzene rings is 2. The van der Waals surface area contributed by atoms with E-state index in [-0.39, 0.29) is 48.6 Å². The van der Waals surface area contributed by atoms with Crippen molar-refractivity contribution in [2.75, 3.05) is 31.1 Å². The van der Waals surface area contributed by atoms with Gasteiger partial charge < -0.3 is 9.64 Å². The summed E-state index contributed by atoms with van der Waals surface area (Å²) < 4.78 is 87.7. The van der Waals surface area contributed by atoms with E-state index in [4.69, 9.17) is 4.74 Å². The molecular weight excluding hydrogens is 476 g/mol. The lowest BCUT2D eigenvalue weighted by Gasteiger charge is -2.45. The predicted octanol–water partition coefficient (Wildman–Crippen LogP) is 3.61. The minimum atomic E-state index is -4.50. The molecule has 0 bridgehead atoms. The smallest absolute Gasteiger partial charge is 0.355 e. The van der Waals surface area contributed by atoms with Crippen molar-refractivity contribution in [3.8, 4) is 0 Å². The van der Waals surface area contributed by atoms with E-state index < -0.39 is 33.7 Å². The summed E-state index contributed by atoms with van der Waals surface area (Å²) in [6, 6.07) is 10.9. The molecule has 0 radical (unpaired) electrons. The Morgan fingerprint density at radius 2 is 1.82 bits per heavy atom. The number of aromatic nitrogens is 2. The molecule has 2 fully saturated rings. The van der Waals surface area contributed by atoms with Gasteiger partial charge in [-0.05, 0) is 30.3 Å². The fourth-order valence-electron chi connectivity index (χ4n) is 4.47. The topological polar surface area (TPSA) is 75.6 Å². The Balaban J connectivity index is 1.40. The quantitative estimate of drug-likeness (QED) is 0.516. The number of piperidine rings is 1. The van der Waals surface area contributed by atoms with Gasteiger partial charge in [0.15, 0.2) is 11.9 Å². The summed E-state index contributed by atoms with van der Waals surface area (Å²) in [6.07, 6.45) is -4.84. The average Bonchev–Trinajstić information content (AvgIpc) is 3.26. The molecule has 12 heteroatoms. The highest BCUT2D eigenvalue weighted by molar-refractivity contribution is 7.89. The summed E-state index contributed by atoms with van der Waals surface area (Å²) >= 11 is 0. The largest absolute Gasteiger partial charge is 0.416 e. The molecule has 2 aliphatic rings. The summed E-state index contributed by atoms with van der Waals surface area (Å²) in [5.74, 6) is 0.292. The van der Waals surface area contributed by atoms with Gasteiger partial charge in [0.1, 0.15) is 5.82 Å². The van der Waals surface area contributed by atoms with Crippen molar-refractivity contribution in [2.45, 2.75) is 29.4 Å². The van der Waals surface area contributed by atoms with Crippen LogP contribution in [0.2, 0.25) is 0 Å². The van der Waals surface area contributed by atoms with Crippen LogP contribution in [0.1, 0.15) is 12.0 Å². The molecule has 2 atom stereocenters. The van der Waals surface area contributed by atoms with E-state index in [0.717, 1.165) is 16.4 Å². The molecule has 3 heterocycles. The Bertz CT molecular complexity index is 1320. The lowest BCUT2D eigenvalue weighted by molar-refractivity contribution is -0.137. The van der Waals surface area contributed by atoms with Crippen LogP contribution in [0.4, 0.5) is 23.4 Å². The Morgan fingerprint density at radius 3 is 2.53 bits per heavy atom. The van der Waals surface area contributed by atoms with Crippen molar-refractivity contribution in [3.05, 3.63) is 60.3 Å². The number of anilines is 1. The Labute approximate surface area is 193 Å². The maximum atomic E-state index is 15.6. The van der Waals surface area contributed by atoms with E-state index >= 15 is 4.39 Å². The van der Waals surface area contributed by atoms with E-state index in [1.807, 2.05) is 0 Å². The van der Waals surface area contributed by atoms with Crippen LogP contribution in [-0.2, 0) is 20.9 Å². The summed E-state index contributed by atoms with van der Waals surface area (Å²) in [5, 5.41) is 0. The van der Waals surface area contributed by atoms with Gasteiger partial charge in [0.25, 0.3) is 0 Å². The van der Waals surface area contributed by atoms with Crippen molar-refractivity contribution >= 4 is 26.9 Å². The first kappa shape index (κ1) is 22.9. The van der Waals surface area contributed by atoms with Gasteiger partial charge >= 0.3 is 6.18 Å². The van der Waals surface area contributed by atoms with Crippen LogP contribution in [0, 0.1) is 0 Å². The lowest BCUT2D eigenvalue weighted by Crippen LogP contribution is -2.62. The van der Waals surface area contributed by atoms with Crippen LogP contribution in [0.5, 0.6) is 0 Å². The zero-order valence-corrected chi connectivity index (χ0v) is 18.6. The molecule has 34 heavy (non-hydrogen) atoms. The molecule has 0 aliphatic carbocycles. The van der Waals surface area contributed by atoms with Crippen LogP contribution in [-0.4, -0.2) is 60.8 Å². The second-order valence-corrected chi connectivity index (χ2v) is 10.0. The number of alkyl halides is 4. The standard InChI is InChI=1S/C22H20F4N4O3S/c23-19-14-29(20-13-27-18-12-15(22(24,25)26)6-7-17(18)28-20)9-8-21(19)30(10-11-33-21)34(31,32)16-4-2-1-3-5-16/h1-7,12-13,19H,8-11,14H2. The highest BCUT2D eigenvalue weighted by atomic mass is 32.2. The first-order valence-electron chi connectivity index (χ1n) is 10.6. The SMILES string of the molecule is O=S(=O)(c1ccccc1)N1CCOC12CCN(c1cnc3cc(C(F)(F)F)ccc3n1)CC2F. The van der Waals surface area contributed by atoms with E-state index in [1.165, 1.54) is 24.4 Å². The number of halogens is 4. The van der Waals surface area contributed by atoms with Gasteiger partial charge in [-0.15, -0.1) is 0 Å². The summed E-state index contributed by atoms with van der Waals surface area (Å²) in [6.45, 7) is 0.127. The van der Waals surface area contributed by atoms with Crippen molar-refractivity contribution in [3.63, 3.8) is 0 Å². The van der Waals surface area contributed by atoms with Gasteiger partial charge in [0, 0.05) is 19.5 Å². The first-order valence-corrected chi connectivity index (χ1v) is 12.0. The molecule has 1 aromatic heterocycles. The molecule has 2 aromatic carbocycles. The highest BCUT2D eigenvalue weighted by Gasteiger charge is 2.57. The van der Waals surface area contributed by atoms with Crippen LogP contribution in [0.15, 0.2) is 59.6 Å². The molecule has 0 saturated carbocycles. The van der Waals surface area contributed by atoms with Gasteiger partial charge in [0.05, 0.1) is 40.8 Å². The third kappa shape index (κ3) is 3.79. The van der Waals surface area contributed by atoms with E-state index in [2.05, 4.69) is 9.97 Å². The zero-order valence-electron chi connectivity index (χ0n) is 17.7. The Kier molecular flexibility index (Phi) is 5.49. The van der Waals surface area contributed by atoms with E-state index in [9.17, 15) is 21.6 Å². The van der Waals surface area contributed by atoms with Crippen molar-refractivity contribution in [1.82, 2.24) is 14.3 Å². The number of rotatable bonds is 3. The zero-order chi connectivity index (χ0) is 24.1. The Hall–Kier alpha value is -2.83.